The molecule has 0 amide bonds. The Kier molecular flexibility index (Phi) is 8.35. The van der Waals surface area contributed by atoms with Crippen molar-refractivity contribution in [1.29, 1.82) is 0 Å². The molecule has 0 radical (unpaired) electrons. The van der Waals surface area contributed by atoms with Gasteiger partial charge in [-0.15, -0.1) is 0 Å². The van der Waals surface area contributed by atoms with Gasteiger partial charge in [-0.05, 0) is 41.5 Å². The molecular formula is C55H35N7. The van der Waals surface area contributed by atoms with Gasteiger partial charge in [0.1, 0.15) is 5.82 Å². The van der Waals surface area contributed by atoms with E-state index in [4.69, 9.17) is 24.9 Å². The summed E-state index contributed by atoms with van der Waals surface area (Å²) in [7, 11) is 0. The molecule has 4 aromatic heterocycles. The van der Waals surface area contributed by atoms with Crippen molar-refractivity contribution in [2.24, 2.45) is 0 Å². The minimum atomic E-state index is 0.567. The summed E-state index contributed by atoms with van der Waals surface area (Å²) >= 11 is 0. The third-order valence-electron chi connectivity index (χ3n) is 11.6. The van der Waals surface area contributed by atoms with Crippen LogP contribution in [0, 0.1) is 0 Å². The summed E-state index contributed by atoms with van der Waals surface area (Å²) in [6, 6.07) is 73.4. The Hall–Kier alpha value is -8.55. The van der Waals surface area contributed by atoms with Crippen LogP contribution in [-0.4, -0.2) is 34.1 Å². The maximum atomic E-state index is 5.26. The highest BCUT2D eigenvalue weighted by Crippen LogP contribution is 2.39. The molecule has 0 saturated heterocycles. The average molecular weight is 794 g/mol. The molecule has 62 heavy (non-hydrogen) atoms. The van der Waals surface area contributed by atoms with Crippen LogP contribution in [0.15, 0.2) is 212 Å². The fourth-order valence-corrected chi connectivity index (χ4v) is 8.68. The number of para-hydroxylation sites is 2. The van der Waals surface area contributed by atoms with Crippen molar-refractivity contribution >= 4 is 43.6 Å². The summed E-state index contributed by atoms with van der Waals surface area (Å²) in [6.45, 7) is 0. The highest BCUT2D eigenvalue weighted by Gasteiger charge is 2.20. The molecule has 4 heterocycles. The van der Waals surface area contributed by atoms with Gasteiger partial charge in [-0.3, -0.25) is 9.13 Å². The van der Waals surface area contributed by atoms with E-state index >= 15 is 0 Å². The second-order valence-corrected chi connectivity index (χ2v) is 15.4. The molecule has 0 N–H and O–H groups in total. The minimum absolute atomic E-state index is 0.567. The van der Waals surface area contributed by atoms with Gasteiger partial charge < -0.3 is 0 Å². The number of fused-ring (bicyclic) bond motifs is 6. The van der Waals surface area contributed by atoms with Crippen molar-refractivity contribution in [3.8, 4) is 68.3 Å². The summed E-state index contributed by atoms with van der Waals surface area (Å²) in [5, 5.41) is 4.54. The minimum Gasteiger partial charge on any atom is -0.294 e. The van der Waals surface area contributed by atoms with Gasteiger partial charge in [-0.2, -0.15) is 9.97 Å². The Balaban J connectivity index is 1.05. The largest absolute Gasteiger partial charge is 0.294 e. The standard InChI is InChI=1S/C55H35N7/c1-5-17-36(18-6-1)46-35-51(57-52(56-46)37-19-7-2-8-20-37)61-47-27-15-13-25-42(47)44-31-29-41(34-50(44)61)40-30-32-49-45(33-40)43-26-14-16-28-48(43)62(49)55-59-53(38-21-9-3-10-22-38)58-54(60-55)39-23-11-4-12-24-39/h1-35H. The summed E-state index contributed by atoms with van der Waals surface area (Å²) in [4.78, 5) is 25.6. The molecule has 8 aromatic carbocycles. The maximum Gasteiger partial charge on any atom is 0.238 e. The molecule has 12 aromatic rings. The number of nitrogens with zero attached hydrogens (tertiary/aromatic N) is 7. The fraction of sp³-hybridized carbons (Fsp3) is 0. The number of hydrogen-bond acceptors (Lipinski definition) is 5. The lowest BCUT2D eigenvalue weighted by Crippen LogP contribution is -2.06. The summed E-state index contributed by atoms with van der Waals surface area (Å²) < 4.78 is 4.45. The number of benzene rings is 8. The molecule has 0 aliphatic heterocycles. The Morgan fingerprint density at radius 2 is 0.710 bits per heavy atom. The molecule has 0 fully saturated rings. The first-order chi connectivity index (χ1) is 30.7. The van der Waals surface area contributed by atoms with Gasteiger partial charge in [0.2, 0.25) is 5.95 Å². The van der Waals surface area contributed by atoms with Gasteiger partial charge in [0, 0.05) is 49.9 Å². The zero-order valence-corrected chi connectivity index (χ0v) is 33.3. The maximum absolute atomic E-state index is 5.26. The van der Waals surface area contributed by atoms with Crippen molar-refractivity contribution in [1.82, 2.24) is 34.1 Å². The first kappa shape index (κ1) is 35.4. The zero-order valence-electron chi connectivity index (χ0n) is 33.3. The molecule has 12 rings (SSSR count). The smallest absolute Gasteiger partial charge is 0.238 e. The van der Waals surface area contributed by atoms with Gasteiger partial charge in [0.25, 0.3) is 0 Å². The Morgan fingerprint density at radius 1 is 0.258 bits per heavy atom. The first-order valence-electron chi connectivity index (χ1n) is 20.7. The van der Waals surface area contributed by atoms with E-state index in [2.05, 4.69) is 124 Å². The molecule has 0 spiro atoms. The van der Waals surface area contributed by atoms with Crippen LogP contribution in [0.2, 0.25) is 0 Å². The average Bonchev–Trinajstić information content (AvgIpc) is 3.87. The highest BCUT2D eigenvalue weighted by atomic mass is 15.2. The van der Waals surface area contributed by atoms with Crippen LogP contribution in [0.1, 0.15) is 0 Å². The van der Waals surface area contributed by atoms with E-state index in [1.165, 1.54) is 0 Å². The van der Waals surface area contributed by atoms with E-state index in [1.54, 1.807) is 0 Å². The van der Waals surface area contributed by atoms with Crippen LogP contribution in [0.5, 0.6) is 0 Å². The Morgan fingerprint density at radius 3 is 1.32 bits per heavy atom. The second kappa shape index (κ2) is 14.6. The van der Waals surface area contributed by atoms with Crippen molar-refractivity contribution in [2.45, 2.75) is 0 Å². The van der Waals surface area contributed by atoms with Crippen molar-refractivity contribution in [2.75, 3.05) is 0 Å². The Labute approximate surface area is 356 Å². The third kappa shape index (κ3) is 6.02. The van der Waals surface area contributed by atoms with Crippen LogP contribution in [0.4, 0.5) is 0 Å². The molecule has 7 heteroatoms. The fourth-order valence-electron chi connectivity index (χ4n) is 8.68. The van der Waals surface area contributed by atoms with Gasteiger partial charge >= 0.3 is 0 Å². The zero-order chi connectivity index (χ0) is 41.0. The SMILES string of the molecule is c1ccc(-c2cc(-n3c4ccccc4c4ccc(-c5ccc6c(c5)c5ccccc5n6-c5nc(-c6ccccc6)nc(-c6ccccc6)n5)cc43)nc(-c3ccccc3)n2)cc1. The van der Waals surface area contributed by atoms with E-state index in [9.17, 15) is 0 Å². The quantitative estimate of drug-likeness (QED) is 0.161. The van der Waals surface area contributed by atoms with E-state index in [0.29, 0.717) is 23.4 Å². The van der Waals surface area contributed by atoms with Gasteiger partial charge in [-0.25, -0.2) is 15.0 Å². The Bertz CT molecular complexity index is 3500. The summed E-state index contributed by atoms with van der Waals surface area (Å²) in [6.07, 6.45) is 0. The molecular weight excluding hydrogens is 759 g/mol. The van der Waals surface area contributed by atoms with E-state index in [1.807, 2.05) is 97.1 Å². The van der Waals surface area contributed by atoms with Crippen LogP contribution < -0.4 is 0 Å². The lowest BCUT2D eigenvalue weighted by molar-refractivity contribution is 0.953. The summed E-state index contributed by atoms with van der Waals surface area (Å²) in [5.41, 5.74) is 11.1. The van der Waals surface area contributed by atoms with E-state index < -0.39 is 0 Å². The van der Waals surface area contributed by atoms with Crippen LogP contribution in [0.3, 0.4) is 0 Å². The lowest BCUT2D eigenvalue weighted by Gasteiger charge is -2.13. The topological polar surface area (TPSA) is 74.3 Å². The molecule has 0 saturated carbocycles. The molecule has 0 aliphatic carbocycles. The van der Waals surface area contributed by atoms with Crippen LogP contribution >= 0.6 is 0 Å². The molecule has 0 unspecified atom stereocenters. The first-order valence-corrected chi connectivity index (χ1v) is 20.7. The normalized spacial score (nSPS) is 11.5. The number of rotatable bonds is 7. The van der Waals surface area contributed by atoms with Crippen molar-refractivity contribution < 1.29 is 0 Å². The molecule has 0 atom stereocenters. The van der Waals surface area contributed by atoms with Crippen molar-refractivity contribution in [3.63, 3.8) is 0 Å². The van der Waals surface area contributed by atoms with Gasteiger partial charge in [0.05, 0.1) is 27.8 Å². The molecule has 7 nitrogen and oxygen atoms in total. The predicted octanol–water partition coefficient (Wildman–Crippen LogP) is 13.2. The van der Waals surface area contributed by atoms with Crippen molar-refractivity contribution in [3.05, 3.63) is 212 Å². The summed E-state index contributed by atoms with van der Waals surface area (Å²) in [5.74, 6) is 3.29. The van der Waals surface area contributed by atoms with E-state index in [-0.39, 0.29) is 0 Å². The lowest BCUT2D eigenvalue weighted by atomic mass is 10.0. The van der Waals surface area contributed by atoms with Crippen LogP contribution in [-0.2, 0) is 0 Å². The third-order valence-corrected chi connectivity index (χ3v) is 11.6. The molecule has 0 aliphatic rings. The monoisotopic (exact) mass is 793 g/mol. The number of hydrogen-bond donors (Lipinski definition) is 0. The molecule has 0 bridgehead atoms. The highest BCUT2D eigenvalue weighted by molar-refractivity contribution is 6.12. The van der Waals surface area contributed by atoms with Gasteiger partial charge in [0.15, 0.2) is 17.5 Å². The van der Waals surface area contributed by atoms with Gasteiger partial charge in [-0.1, -0.05) is 176 Å². The van der Waals surface area contributed by atoms with Crippen LogP contribution in [0.25, 0.3) is 112 Å². The second-order valence-electron chi connectivity index (χ2n) is 15.4. The van der Waals surface area contributed by atoms with E-state index in [0.717, 1.165) is 88.5 Å². The molecule has 290 valence electrons. The predicted molar refractivity (Wildman–Crippen MR) is 251 cm³/mol. The number of aromatic nitrogens is 7.